The van der Waals surface area contributed by atoms with E-state index in [9.17, 15) is 0 Å². The first-order chi connectivity index (χ1) is 8.62. The van der Waals surface area contributed by atoms with Gasteiger partial charge in [0, 0.05) is 43.2 Å². The Kier molecular flexibility index (Phi) is 4.72. The average molecular weight is 261 g/mol. The van der Waals surface area contributed by atoms with Crippen molar-refractivity contribution in [3.8, 4) is 0 Å². The first-order valence-corrected chi connectivity index (χ1v) is 6.80. The summed E-state index contributed by atoms with van der Waals surface area (Å²) in [6.45, 7) is 13.2. The van der Waals surface area contributed by atoms with Crippen molar-refractivity contribution >= 4 is 6.21 Å². The third kappa shape index (κ3) is 4.66. The molecule has 0 aromatic carbocycles. The Labute approximate surface area is 117 Å². The second-order valence-electron chi connectivity index (χ2n) is 7.08. The van der Waals surface area contributed by atoms with Crippen LogP contribution in [0.2, 0.25) is 0 Å². The zero-order valence-electron chi connectivity index (χ0n) is 13.4. The molecular weight excluding hydrogens is 234 g/mol. The van der Waals surface area contributed by atoms with Crippen molar-refractivity contribution in [2.24, 2.45) is 17.5 Å². The Hall–Kier alpha value is -1.38. The highest BCUT2D eigenvalue weighted by molar-refractivity contribution is 5.65. The van der Waals surface area contributed by atoms with Crippen molar-refractivity contribution in [1.29, 1.82) is 0 Å². The third-order valence-corrected chi connectivity index (χ3v) is 3.20. The maximum absolute atomic E-state index is 4.05. The summed E-state index contributed by atoms with van der Waals surface area (Å²) in [4.78, 5) is 8.10. The predicted molar refractivity (Wildman–Crippen MR) is 82.6 cm³/mol. The van der Waals surface area contributed by atoms with E-state index in [1.807, 2.05) is 32.0 Å². The van der Waals surface area contributed by atoms with E-state index < -0.39 is 0 Å². The molecule has 0 N–H and O–H groups in total. The molecule has 0 saturated carbocycles. The van der Waals surface area contributed by atoms with Crippen LogP contribution < -0.4 is 0 Å². The fraction of sp³-hybridized carbons (Fsp3) is 0.625. The second kappa shape index (κ2) is 5.72. The highest BCUT2D eigenvalue weighted by Crippen LogP contribution is 2.29. The molecule has 0 atom stereocenters. The number of aliphatic imine (C=N–C) groups is 1. The molecule has 3 heteroatoms. The van der Waals surface area contributed by atoms with Crippen molar-refractivity contribution in [2.45, 2.75) is 53.4 Å². The lowest BCUT2D eigenvalue weighted by Crippen LogP contribution is -2.15. The van der Waals surface area contributed by atoms with Gasteiger partial charge in [-0.25, -0.2) is 4.98 Å². The van der Waals surface area contributed by atoms with E-state index in [1.165, 1.54) is 11.3 Å². The number of nitrogens with zero attached hydrogens (tertiary/aromatic N) is 3. The minimum atomic E-state index is 0.214. The van der Waals surface area contributed by atoms with E-state index in [0.717, 1.165) is 6.42 Å². The number of rotatable bonds is 0. The van der Waals surface area contributed by atoms with Gasteiger partial charge in [0.25, 0.3) is 0 Å². The summed E-state index contributed by atoms with van der Waals surface area (Å²) >= 11 is 0. The molecule has 0 aliphatic carbocycles. The number of imidazole rings is 1. The minimum Gasteiger partial charge on any atom is -0.337 e. The van der Waals surface area contributed by atoms with Crippen molar-refractivity contribution in [3.05, 3.63) is 30.0 Å². The quantitative estimate of drug-likeness (QED) is 0.691. The molecule has 2 rings (SSSR count). The smallest absolute Gasteiger partial charge is 0.0945 e. The summed E-state index contributed by atoms with van der Waals surface area (Å²) < 4.78 is 2.06. The fourth-order valence-corrected chi connectivity index (χ4v) is 1.93. The Morgan fingerprint density at radius 1 is 1.05 bits per heavy atom. The highest BCUT2D eigenvalue weighted by atomic mass is 15.0. The standard InChI is InChI=1S/C8H14N2.C8H13N/c1-8(2,3)7-5-9-6-10(7)4;1-8(2,3)7-4-5-9-6-7/h5-6H,1-4H3;5-6H,4H2,1-3H3. The van der Waals surface area contributed by atoms with E-state index in [-0.39, 0.29) is 5.41 Å². The molecule has 19 heavy (non-hydrogen) atoms. The fourth-order valence-electron chi connectivity index (χ4n) is 1.93. The van der Waals surface area contributed by atoms with Gasteiger partial charge in [-0.2, -0.15) is 0 Å². The van der Waals surface area contributed by atoms with Crippen LogP contribution in [0.4, 0.5) is 0 Å². The average Bonchev–Trinajstić information content (AvgIpc) is 2.84. The van der Waals surface area contributed by atoms with Crippen molar-refractivity contribution < 1.29 is 0 Å². The summed E-state index contributed by atoms with van der Waals surface area (Å²) in [5.74, 6) is 0. The van der Waals surface area contributed by atoms with Gasteiger partial charge in [-0.1, -0.05) is 41.5 Å². The van der Waals surface area contributed by atoms with Gasteiger partial charge < -0.3 is 4.57 Å². The van der Waals surface area contributed by atoms with Crippen molar-refractivity contribution in [2.75, 3.05) is 0 Å². The van der Waals surface area contributed by atoms with Crippen LogP contribution in [0.5, 0.6) is 0 Å². The molecule has 1 aromatic heterocycles. The largest absolute Gasteiger partial charge is 0.337 e. The minimum absolute atomic E-state index is 0.214. The van der Waals surface area contributed by atoms with Gasteiger partial charge in [-0.05, 0) is 11.0 Å². The number of hydrogen-bond donors (Lipinski definition) is 0. The van der Waals surface area contributed by atoms with Crippen LogP contribution in [0, 0.1) is 5.41 Å². The molecule has 1 aliphatic rings. The van der Waals surface area contributed by atoms with Crippen LogP contribution in [0.25, 0.3) is 0 Å². The van der Waals surface area contributed by atoms with Crippen LogP contribution in [0.3, 0.4) is 0 Å². The highest BCUT2D eigenvalue weighted by Gasteiger charge is 2.17. The third-order valence-electron chi connectivity index (χ3n) is 3.20. The lowest BCUT2D eigenvalue weighted by atomic mass is 9.86. The SMILES string of the molecule is CC(C)(C)C1=CN=CC1.Cn1cncc1C(C)(C)C. The number of aromatic nitrogens is 2. The summed E-state index contributed by atoms with van der Waals surface area (Å²) in [5.41, 5.74) is 3.23. The maximum Gasteiger partial charge on any atom is 0.0945 e. The van der Waals surface area contributed by atoms with Gasteiger partial charge in [0.2, 0.25) is 0 Å². The van der Waals surface area contributed by atoms with Crippen molar-refractivity contribution in [1.82, 2.24) is 9.55 Å². The molecule has 0 spiro atoms. The van der Waals surface area contributed by atoms with E-state index >= 15 is 0 Å². The van der Waals surface area contributed by atoms with Crippen LogP contribution in [-0.2, 0) is 12.5 Å². The monoisotopic (exact) mass is 261 g/mol. The molecule has 0 amide bonds. The van der Waals surface area contributed by atoms with Crippen LogP contribution in [-0.4, -0.2) is 15.8 Å². The summed E-state index contributed by atoms with van der Waals surface area (Å²) in [6.07, 6.45) is 8.73. The first-order valence-electron chi connectivity index (χ1n) is 6.80. The molecule has 1 aromatic rings. The molecule has 2 heterocycles. The number of allylic oxidation sites excluding steroid dienone is 1. The number of hydrogen-bond acceptors (Lipinski definition) is 2. The molecule has 0 radical (unpaired) electrons. The Bertz CT molecular complexity index is 465. The van der Waals surface area contributed by atoms with Crippen LogP contribution in [0.1, 0.15) is 53.7 Å². The molecule has 1 aliphatic heterocycles. The summed E-state index contributed by atoms with van der Waals surface area (Å²) in [7, 11) is 2.02. The molecule has 0 unspecified atom stereocenters. The maximum atomic E-state index is 4.05. The molecule has 0 fully saturated rings. The van der Waals surface area contributed by atoms with E-state index in [2.05, 4.69) is 56.1 Å². The van der Waals surface area contributed by atoms with Gasteiger partial charge in [0.15, 0.2) is 0 Å². The predicted octanol–water partition coefficient (Wildman–Crippen LogP) is 4.11. The Morgan fingerprint density at radius 2 is 1.68 bits per heavy atom. The second-order valence-corrected chi connectivity index (χ2v) is 7.08. The van der Waals surface area contributed by atoms with Gasteiger partial charge in [-0.15, -0.1) is 0 Å². The van der Waals surface area contributed by atoms with Crippen LogP contribution in [0.15, 0.2) is 29.3 Å². The first kappa shape index (κ1) is 15.7. The van der Waals surface area contributed by atoms with E-state index in [1.54, 1.807) is 0 Å². The van der Waals surface area contributed by atoms with Gasteiger partial charge in [0.1, 0.15) is 0 Å². The molecule has 3 nitrogen and oxygen atoms in total. The number of aryl methyl sites for hydroxylation is 1. The van der Waals surface area contributed by atoms with Crippen molar-refractivity contribution in [3.63, 3.8) is 0 Å². The zero-order valence-corrected chi connectivity index (χ0v) is 13.4. The Balaban J connectivity index is 0.000000191. The molecule has 0 bridgehead atoms. The molecular formula is C16H27N3. The van der Waals surface area contributed by atoms with Gasteiger partial charge >= 0.3 is 0 Å². The van der Waals surface area contributed by atoms with E-state index in [0.29, 0.717) is 5.41 Å². The van der Waals surface area contributed by atoms with E-state index in [4.69, 9.17) is 0 Å². The van der Waals surface area contributed by atoms with Gasteiger partial charge in [-0.3, -0.25) is 4.99 Å². The van der Waals surface area contributed by atoms with Crippen LogP contribution >= 0.6 is 0 Å². The summed E-state index contributed by atoms with van der Waals surface area (Å²) in [6, 6.07) is 0. The molecule has 0 saturated heterocycles. The lowest BCUT2D eigenvalue weighted by molar-refractivity contribution is 0.499. The Morgan fingerprint density at radius 3 is 1.89 bits per heavy atom. The topological polar surface area (TPSA) is 30.2 Å². The molecule has 106 valence electrons. The lowest BCUT2D eigenvalue weighted by Gasteiger charge is -2.18. The normalized spacial score (nSPS) is 15.0. The summed E-state index contributed by atoms with van der Waals surface area (Å²) in [5, 5.41) is 0. The van der Waals surface area contributed by atoms with Gasteiger partial charge in [0.05, 0.1) is 6.33 Å². The zero-order chi connectivity index (χ0) is 14.7.